The summed E-state index contributed by atoms with van der Waals surface area (Å²) in [6.45, 7) is 2.42. The summed E-state index contributed by atoms with van der Waals surface area (Å²) >= 11 is 12.8. The second kappa shape index (κ2) is 9.35. The Morgan fingerprint density at radius 1 is 1.19 bits per heavy atom. The first kappa shape index (κ1) is 22.4. The van der Waals surface area contributed by atoms with Crippen molar-refractivity contribution < 1.29 is 19.4 Å². The van der Waals surface area contributed by atoms with Gasteiger partial charge in [0.25, 0.3) is 5.91 Å². The van der Waals surface area contributed by atoms with E-state index in [2.05, 4.69) is 4.98 Å². The summed E-state index contributed by atoms with van der Waals surface area (Å²) in [6.07, 6.45) is 2.18. The molecule has 166 valence electrons. The van der Waals surface area contributed by atoms with Gasteiger partial charge in [0.15, 0.2) is 6.10 Å². The molecule has 4 rings (SSSR count). The van der Waals surface area contributed by atoms with Crippen molar-refractivity contribution >= 4 is 46.0 Å². The highest BCUT2D eigenvalue weighted by Crippen LogP contribution is 2.38. The first-order valence-corrected chi connectivity index (χ1v) is 11.1. The molecular weight excluding hydrogens is 451 g/mol. The number of hydrogen-bond acceptors (Lipinski definition) is 4. The summed E-state index contributed by atoms with van der Waals surface area (Å²) in [5, 5.41) is 11.2. The number of ether oxygens (including phenoxy) is 1. The lowest BCUT2D eigenvalue weighted by atomic mass is 9.98. The summed E-state index contributed by atoms with van der Waals surface area (Å²) in [4.78, 5) is 30.1. The molecule has 1 amide bonds. The van der Waals surface area contributed by atoms with Crippen molar-refractivity contribution in [3.63, 3.8) is 0 Å². The predicted molar refractivity (Wildman–Crippen MR) is 124 cm³/mol. The van der Waals surface area contributed by atoms with Crippen LogP contribution < -0.4 is 4.74 Å². The second-order valence-electron chi connectivity index (χ2n) is 7.86. The topological polar surface area (TPSA) is 79.7 Å². The van der Waals surface area contributed by atoms with E-state index in [-0.39, 0.29) is 12.5 Å². The van der Waals surface area contributed by atoms with E-state index in [9.17, 15) is 14.7 Å². The largest absolute Gasteiger partial charge is 0.481 e. The van der Waals surface area contributed by atoms with E-state index >= 15 is 0 Å². The lowest BCUT2D eigenvalue weighted by Crippen LogP contribution is -2.47. The third-order valence-electron chi connectivity index (χ3n) is 5.69. The average Bonchev–Trinajstić information content (AvgIpc) is 2.78. The number of carbonyl (C=O) groups excluding carboxylic acids is 1. The lowest BCUT2D eigenvalue weighted by molar-refractivity contribution is -0.147. The van der Waals surface area contributed by atoms with Crippen LogP contribution in [-0.4, -0.2) is 46.1 Å². The minimum Gasteiger partial charge on any atom is -0.481 e. The first-order chi connectivity index (χ1) is 15.3. The smallest absolute Gasteiger partial charge is 0.308 e. The van der Waals surface area contributed by atoms with Crippen LogP contribution in [0.2, 0.25) is 10.0 Å². The number of benzene rings is 2. The number of aliphatic carboxylic acids is 1. The van der Waals surface area contributed by atoms with E-state index in [1.807, 2.05) is 12.1 Å². The molecule has 1 aromatic heterocycles. The van der Waals surface area contributed by atoms with Gasteiger partial charge < -0.3 is 14.7 Å². The van der Waals surface area contributed by atoms with Gasteiger partial charge in [-0.1, -0.05) is 29.3 Å². The zero-order valence-electron chi connectivity index (χ0n) is 17.4. The molecule has 0 unspecified atom stereocenters. The third-order valence-corrected chi connectivity index (χ3v) is 6.32. The van der Waals surface area contributed by atoms with Crippen molar-refractivity contribution in [1.82, 2.24) is 9.88 Å². The lowest BCUT2D eigenvalue weighted by Gasteiger charge is -2.32. The number of nitrogens with zero attached hydrogens (tertiary/aromatic N) is 2. The molecule has 2 aromatic carbocycles. The van der Waals surface area contributed by atoms with E-state index < -0.39 is 18.0 Å². The molecule has 32 heavy (non-hydrogen) atoms. The molecule has 6 nitrogen and oxygen atoms in total. The van der Waals surface area contributed by atoms with Crippen molar-refractivity contribution in [2.75, 3.05) is 13.1 Å². The maximum atomic E-state index is 12.8. The van der Waals surface area contributed by atoms with E-state index in [1.54, 1.807) is 48.4 Å². The highest BCUT2D eigenvalue weighted by molar-refractivity contribution is 6.39. The summed E-state index contributed by atoms with van der Waals surface area (Å²) < 4.78 is 5.90. The SMILES string of the molecule is C[C@@H](Oc1ccc2c(-c3c(Cl)cccc3Cl)ccnc2c1)C(=O)N1CCC[C@H](C(=O)O)C1. The van der Waals surface area contributed by atoms with Gasteiger partial charge in [-0.05, 0) is 55.7 Å². The Bertz CT molecular complexity index is 1160. The number of hydrogen-bond donors (Lipinski definition) is 1. The van der Waals surface area contributed by atoms with Gasteiger partial charge in [0.2, 0.25) is 0 Å². The second-order valence-corrected chi connectivity index (χ2v) is 8.67. The Hall–Kier alpha value is -2.83. The molecule has 1 aliphatic rings. The van der Waals surface area contributed by atoms with Crippen molar-refractivity contribution in [2.24, 2.45) is 5.92 Å². The third kappa shape index (κ3) is 4.52. The minimum absolute atomic E-state index is 0.211. The quantitative estimate of drug-likeness (QED) is 0.544. The molecule has 1 aliphatic heterocycles. The molecule has 0 aliphatic carbocycles. The van der Waals surface area contributed by atoms with Crippen molar-refractivity contribution in [2.45, 2.75) is 25.9 Å². The molecule has 0 radical (unpaired) electrons. The van der Waals surface area contributed by atoms with Crippen LogP contribution in [0, 0.1) is 5.92 Å². The highest BCUT2D eigenvalue weighted by atomic mass is 35.5. The van der Waals surface area contributed by atoms with Crippen LogP contribution in [0.4, 0.5) is 0 Å². The van der Waals surface area contributed by atoms with Gasteiger partial charge in [-0.2, -0.15) is 0 Å². The number of carbonyl (C=O) groups is 2. The van der Waals surface area contributed by atoms with E-state index in [0.717, 1.165) is 16.5 Å². The average molecular weight is 473 g/mol. The number of carboxylic acid groups (broad SMARTS) is 1. The number of piperidine rings is 1. The number of aromatic nitrogens is 1. The number of amides is 1. The molecule has 0 saturated carbocycles. The molecule has 8 heteroatoms. The molecular formula is C24H22Cl2N2O4. The highest BCUT2D eigenvalue weighted by Gasteiger charge is 2.31. The van der Waals surface area contributed by atoms with Crippen LogP contribution in [0.5, 0.6) is 5.75 Å². The van der Waals surface area contributed by atoms with Gasteiger partial charge in [-0.15, -0.1) is 0 Å². The summed E-state index contributed by atoms with van der Waals surface area (Å²) in [7, 11) is 0. The normalized spacial score (nSPS) is 17.2. The van der Waals surface area contributed by atoms with Crippen molar-refractivity contribution in [1.29, 1.82) is 0 Å². The summed E-state index contributed by atoms with van der Waals surface area (Å²) in [5.74, 6) is -1.12. The molecule has 0 spiro atoms. The van der Waals surface area contributed by atoms with Gasteiger partial charge in [0, 0.05) is 46.3 Å². The zero-order valence-corrected chi connectivity index (χ0v) is 18.9. The van der Waals surface area contributed by atoms with Crippen LogP contribution in [0.25, 0.3) is 22.0 Å². The monoisotopic (exact) mass is 472 g/mol. The number of carboxylic acids is 1. The first-order valence-electron chi connectivity index (χ1n) is 10.4. The predicted octanol–water partition coefficient (Wildman–Crippen LogP) is 5.30. The number of pyridine rings is 1. The van der Waals surface area contributed by atoms with E-state index in [0.29, 0.717) is 40.7 Å². The fraction of sp³-hybridized carbons (Fsp3) is 0.292. The van der Waals surface area contributed by atoms with Gasteiger partial charge in [-0.25, -0.2) is 0 Å². The molecule has 1 fully saturated rings. The summed E-state index contributed by atoms with van der Waals surface area (Å²) in [6, 6.07) is 12.6. The van der Waals surface area contributed by atoms with Crippen LogP contribution >= 0.6 is 23.2 Å². The molecule has 0 bridgehead atoms. The van der Waals surface area contributed by atoms with Gasteiger partial charge in [0.1, 0.15) is 5.75 Å². The van der Waals surface area contributed by atoms with Gasteiger partial charge in [-0.3, -0.25) is 14.6 Å². The van der Waals surface area contributed by atoms with Gasteiger partial charge >= 0.3 is 5.97 Å². The van der Waals surface area contributed by atoms with Gasteiger partial charge in [0.05, 0.1) is 11.4 Å². The number of fused-ring (bicyclic) bond motifs is 1. The Balaban J connectivity index is 1.56. The van der Waals surface area contributed by atoms with Crippen LogP contribution in [-0.2, 0) is 9.59 Å². The number of rotatable bonds is 5. The molecule has 2 heterocycles. The molecule has 1 N–H and O–H groups in total. The van der Waals surface area contributed by atoms with E-state index in [1.165, 1.54) is 0 Å². The summed E-state index contributed by atoms with van der Waals surface area (Å²) in [5.41, 5.74) is 2.27. The van der Waals surface area contributed by atoms with Crippen LogP contribution in [0.15, 0.2) is 48.7 Å². The standard InChI is InChI=1S/C24H22Cl2N2O4/c1-14(23(29)28-11-3-4-15(13-28)24(30)31)32-16-7-8-17-18(9-10-27-21(17)12-16)22-19(25)5-2-6-20(22)26/h2,5-10,12,14-15H,3-4,11,13H2,1H3,(H,30,31)/t14-,15+/m1/s1. The molecule has 1 saturated heterocycles. The van der Waals surface area contributed by atoms with Crippen LogP contribution in [0.3, 0.4) is 0 Å². The Morgan fingerprint density at radius 3 is 2.66 bits per heavy atom. The fourth-order valence-corrected chi connectivity index (χ4v) is 4.67. The Morgan fingerprint density at radius 2 is 1.94 bits per heavy atom. The minimum atomic E-state index is -0.869. The van der Waals surface area contributed by atoms with Crippen molar-refractivity contribution in [3.05, 3.63) is 58.7 Å². The molecule has 3 aromatic rings. The van der Waals surface area contributed by atoms with Crippen molar-refractivity contribution in [3.8, 4) is 16.9 Å². The van der Waals surface area contributed by atoms with E-state index in [4.69, 9.17) is 27.9 Å². The zero-order chi connectivity index (χ0) is 22.8. The maximum absolute atomic E-state index is 12.8. The number of likely N-dealkylation sites (tertiary alicyclic amines) is 1. The Labute approximate surface area is 195 Å². The number of halogens is 2. The Kier molecular flexibility index (Phi) is 6.53. The fourth-order valence-electron chi connectivity index (χ4n) is 4.06. The van der Waals surface area contributed by atoms with Crippen LogP contribution in [0.1, 0.15) is 19.8 Å². The molecule has 2 atom stereocenters. The maximum Gasteiger partial charge on any atom is 0.308 e.